The largest absolute Gasteiger partial charge is 0.489 e. The lowest BCUT2D eigenvalue weighted by molar-refractivity contribution is -0.772. The molecule has 1 fully saturated rings. The van der Waals surface area contributed by atoms with Gasteiger partial charge in [0.1, 0.15) is 46.7 Å². The number of aryl methyl sites for hydroxylation is 1. The van der Waals surface area contributed by atoms with Crippen molar-refractivity contribution in [3.05, 3.63) is 41.3 Å². The minimum atomic E-state index is -5.11. The third-order valence-corrected chi connectivity index (χ3v) is 9.88. The normalized spacial score (nSPS) is 15.8. The number of nitrogens with two attached hydrogens (primary N) is 1. The van der Waals surface area contributed by atoms with Gasteiger partial charge in [0.15, 0.2) is 23.2 Å². The van der Waals surface area contributed by atoms with Crippen LogP contribution in [0.3, 0.4) is 0 Å². The van der Waals surface area contributed by atoms with E-state index in [1.54, 1.807) is 84.9 Å². The van der Waals surface area contributed by atoms with Gasteiger partial charge in [-0.3, -0.25) is 19.5 Å². The van der Waals surface area contributed by atoms with Gasteiger partial charge < -0.3 is 40.2 Å². The number of nitrogens with one attached hydrogen (secondary N) is 3. The summed E-state index contributed by atoms with van der Waals surface area (Å²) in [7, 11) is -3.42. The number of halogens is 1. The third-order valence-electron chi connectivity index (χ3n) is 8.78. The van der Waals surface area contributed by atoms with Crippen LogP contribution in [0.15, 0.2) is 34.9 Å². The molecule has 3 heterocycles. The number of ether oxygens (including phenoxy) is 4. The molecule has 0 unspecified atom stereocenters. The van der Waals surface area contributed by atoms with Gasteiger partial charge in [-0.25, -0.2) is 23.8 Å². The van der Waals surface area contributed by atoms with E-state index in [1.807, 2.05) is 0 Å². The van der Waals surface area contributed by atoms with E-state index >= 15 is 4.39 Å². The van der Waals surface area contributed by atoms with E-state index in [-0.39, 0.29) is 28.0 Å². The number of nitrogens with zero attached hydrogens (tertiary/aromatic N) is 5. The molecular weight excluding hydrogens is 914 g/mol. The predicted molar refractivity (Wildman–Crippen MR) is 234 cm³/mol. The van der Waals surface area contributed by atoms with Crippen molar-refractivity contribution in [3.8, 4) is 16.9 Å². The molecule has 26 heteroatoms. The second-order valence-corrected chi connectivity index (χ2v) is 20.1. The Kier molecular flexibility index (Phi) is 16.0. The Labute approximate surface area is 384 Å². The Hall–Kier alpha value is -6.12. The number of hydrogen-bond acceptors (Lipinski definition) is 17. The first kappa shape index (κ1) is 52.5. The first-order valence-electron chi connectivity index (χ1n) is 20.2. The van der Waals surface area contributed by atoms with Gasteiger partial charge >= 0.3 is 28.6 Å². The number of carbonyl (C=O) groups is 5. The van der Waals surface area contributed by atoms with Gasteiger partial charge in [0.25, 0.3) is 17.9 Å². The highest BCUT2D eigenvalue weighted by molar-refractivity contribution is 7.80. The number of alkyl carbamates (subject to hydrolysis) is 1. The van der Waals surface area contributed by atoms with E-state index < -0.39 is 93.0 Å². The molecule has 2 atom stereocenters. The van der Waals surface area contributed by atoms with Gasteiger partial charge in [-0.2, -0.15) is 13.5 Å². The van der Waals surface area contributed by atoms with E-state index in [1.165, 1.54) is 31.4 Å². The van der Waals surface area contributed by atoms with E-state index in [0.29, 0.717) is 30.1 Å². The molecule has 2 aromatic heterocycles. The van der Waals surface area contributed by atoms with Crippen LogP contribution >= 0.6 is 11.3 Å². The maximum Gasteiger partial charge on any atom is 0.418 e. The topological polar surface area (TPSA) is 295 Å². The molecule has 3 aromatic rings. The zero-order valence-electron chi connectivity index (χ0n) is 38.6. The van der Waals surface area contributed by atoms with Crippen LogP contribution in [0.2, 0.25) is 0 Å². The monoisotopic (exact) mass is 970 g/mol. The zero-order valence-corrected chi connectivity index (χ0v) is 40.3. The lowest BCUT2D eigenvalue weighted by Gasteiger charge is -2.50. The average molecular weight is 971 g/mol. The first-order chi connectivity index (χ1) is 30.2. The highest BCUT2D eigenvalue weighted by Gasteiger charge is 2.58. The molecule has 66 heavy (non-hydrogen) atoms. The Morgan fingerprint density at radius 1 is 1.02 bits per heavy atom. The maximum atomic E-state index is 15.8. The number of carbonyl (C=O) groups excluding carboxylic acids is 5. The van der Waals surface area contributed by atoms with Crippen molar-refractivity contribution in [2.75, 3.05) is 24.2 Å². The zero-order chi connectivity index (χ0) is 49.7. The fourth-order valence-electron chi connectivity index (χ4n) is 5.84. The number of hydroxylamine groups is 2. The number of thiazole rings is 1. The van der Waals surface area contributed by atoms with Crippen LogP contribution in [0.1, 0.15) is 88.3 Å². The smallest absolute Gasteiger partial charge is 0.418 e. The van der Waals surface area contributed by atoms with Crippen LogP contribution in [-0.4, -0.2) is 111 Å². The number of aromatic nitrogens is 3. The van der Waals surface area contributed by atoms with Crippen molar-refractivity contribution in [3.63, 3.8) is 0 Å². The standard InChI is InChI=1S/C40H56FN9O14S2/c1-37(2,3)60-33(53)27(20-59-22-14-15-23(25(41)18-22)24-19-49(48(12)30(24)42)17-13-16-43-35(54)61-38(4,5)6)63-47-28(26-21-65-34(44-26)46-36(55)62-39(7,8)9)31(51)45-29-32(52)50(40(29,10)11)64-66(56,57)58/h14-15,18-19,21,27,29,42H,13,16-17,20H2,1-12H3,(H4,43,44,45,46,51,54,55,56,57,58)/p+1/b47-28-/t27-,29+/m0/s1. The van der Waals surface area contributed by atoms with E-state index in [9.17, 15) is 32.4 Å². The minimum Gasteiger partial charge on any atom is -0.489 e. The Balaban J connectivity index is 1.58. The van der Waals surface area contributed by atoms with Crippen molar-refractivity contribution in [1.29, 1.82) is 0 Å². The van der Waals surface area contributed by atoms with Crippen LogP contribution in [0, 0.1) is 5.82 Å². The number of nitrogen functional groups attached to an aromatic ring is 1. The molecular formula is C40H57FN9O14S2+. The van der Waals surface area contributed by atoms with Gasteiger partial charge in [-0.15, -0.1) is 25.0 Å². The number of esters is 1. The number of amides is 4. The number of β-lactam (4-membered cyclic amide) rings is 1. The summed E-state index contributed by atoms with van der Waals surface area (Å²) in [6, 6.07) is 2.47. The molecule has 23 nitrogen and oxygen atoms in total. The molecule has 364 valence electrons. The second-order valence-electron chi connectivity index (χ2n) is 18.3. The number of hydrogen-bond donors (Lipinski definition) is 5. The number of rotatable bonds is 17. The summed E-state index contributed by atoms with van der Waals surface area (Å²) in [4.78, 5) is 74.5. The molecule has 4 amide bonds. The summed E-state index contributed by atoms with van der Waals surface area (Å²) in [5.41, 5.74) is 1.90. The molecule has 1 aliphatic heterocycles. The van der Waals surface area contributed by atoms with Crippen molar-refractivity contribution in [1.82, 2.24) is 25.4 Å². The molecule has 1 aliphatic rings. The van der Waals surface area contributed by atoms with Gasteiger partial charge in [0, 0.05) is 30.0 Å². The van der Waals surface area contributed by atoms with Crippen LogP contribution < -0.4 is 31.1 Å². The van der Waals surface area contributed by atoms with Crippen LogP contribution in [-0.2, 0) is 61.7 Å². The first-order valence-corrected chi connectivity index (χ1v) is 22.5. The Morgan fingerprint density at radius 2 is 1.64 bits per heavy atom. The van der Waals surface area contributed by atoms with Gasteiger partial charge in [-0.05, 0) is 88.3 Å². The summed E-state index contributed by atoms with van der Waals surface area (Å²) in [5.74, 6) is -3.73. The molecule has 4 rings (SSSR count). The molecule has 6 N–H and O–H groups in total. The predicted octanol–water partition coefficient (Wildman–Crippen LogP) is 3.77. The fraction of sp³-hybridized carbons (Fsp3) is 0.550. The van der Waals surface area contributed by atoms with Crippen molar-refractivity contribution < 1.29 is 74.1 Å². The summed E-state index contributed by atoms with van der Waals surface area (Å²) in [6.07, 6.45) is -0.971. The van der Waals surface area contributed by atoms with Crippen molar-refractivity contribution in [2.45, 2.75) is 124 Å². The molecule has 1 saturated heterocycles. The van der Waals surface area contributed by atoms with E-state index in [0.717, 1.165) is 17.4 Å². The quantitative estimate of drug-likeness (QED) is 0.0188. The average Bonchev–Trinajstić information content (AvgIpc) is 3.72. The molecule has 1 aromatic carbocycles. The van der Waals surface area contributed by atoms with Gasteiger partial charge in [0.2, 0.25) is 6.20 Å². The maximum absolute atomic E-state index is 15.8. The van der Waals surface area contributed by atoms with Crippen LogP contribution in [0.25, 0.3) is 11.1 Å². The van der Waals surface area contributed by atoms with E-state index in [2.05, 4.69) is 30.4 Å². The summed E-state index contributed by atoms with van der Waals surface area (Å²) in [6.45, 7) is 17.7. The Morgan fingerprint density at radius 3 is 2.21 bits per heavy atom. The molecule has 0 bridgehead atoms. The molecule has 0 aliphatic carbocycles. The number of anilines is 2. The summed E-state index contributed by atoms with van der Waals surface area (Å²) < 4.78 is 77.2. The highest BCUT2D eigenvalue weighted by Crippen LogP contribution is 2.33. The molecule has 0 spiro atoms. The summed E-state index contributed by atoms with van der Waals surface area (Å²) >= 11 is 0.852. The summed E-state index contributed by atoms with van der Waals surface area (Å²) in [5, 5.41) is 13.0. The highest BCUT2D eigenvalue weighted by atomic mass is 32.3. The third kappa shape index (κ3) is 14.7. The van der Waals surface area contributed by atoms with Crippen LogP contribution in [0.5, 0.6) is 5.75 Å². The molecule has 0 radical (unpaired) electrons. The minimum absolute atomic E-state index is 0.0503. The van der Waals surface area contributed by atoms with E-state index in [4.69, 9.17) is 34.1 Å². The lowest BCUT2D eigenvalue weighted by Crippen LogP contribution is -2.76. The number of oxime groups is 1. The number of benzene rings is 1. The molecule has 0 saturated carbocycles. The Bertz CT molecular complexity index is 2450. The van der Waals surface area contributed by atoms with Crippen LogP contribution in [0.4, 0.5) is 24.9 Å². The fourth-order valence-corrected chi connectivity index (χ4v) is 6.97. The van der Waals surface area contributed by atoms with Crippen molar-refractivity contribution in [2.24, 2.45) is 12.2 Å². The second kappa shape index (κ2) is 20.2. The van der Waals surface area contributed by atoms with Gasteiger partial charge in [-0.1, -0.05) is 5.16 Å². The van der Waals surface area contributed by atoms with Crippen molar-refractivity contribution >= 4 is 68.4 Å². The lowest BCUT2D eigenvalue weighted by atomic mass is 9.84. The van der Waals surface area contributed by atoms with Gasteiger partial charge in [0.05, 0.1) is 18.2 Å². The SMILES string of the molecule is Cn1c(N)c(-c2ccc(OC[C@H](O/N=C(\C(=O)N[C@@H]3C(=O)N(OS(=O)(=O)O)C3(C)C)c3csc(NC(=O)OC(C)(C)C)n3)C(=O)OC(C)(C)C)cc2F)c[n+]1CCCNC(=O)OC(C)(C)C.